The van der Waals surface area contributed by atoms with Crippen molar-refractivity contribution in [3.05, 3.63) is 0 Å². The second-order valence-electron chi connectivity index (χ2n) is 5.45. The summed E-state index contributed by atoms with van der Waals surface area (Å²) in [6.07, 6.45) is 5.98. The molecule has 0 N–H and O–H groups in total. The highest BCUT2D eigenvalue weighted by molar-refractivity contribution is 5.84. The van der Waals surface area contributed by atoms with E-state index in [1.807, 2.05) is 0 Å². The van der Waals surface area contributed by atoms with Crippen molar-refractivity contribution in [2.75, 3.05) is 6.54 Å². The summed E-state index contributed by atoms with van der Waals surface area (Å²) in [6.45, 7) is 5.58. The van der Waals surface area contributed by atoms with Crippen LogP contribution < -0.4 is 0 Å². The maximum absolute atomic E-state index is 5.93. The highest BCUT2D eigenvalue weighted by Crippen LogP contribution is 2.57. The zero-order chi connectivity index (χ0) is 9.76. The van der Waals surface area contributed by atoms with Gasteiger partial charge in [0.05, 0.1) is 6.54 Å². The zero-order valence-electron chi connectivity index (χ0n) is 9.12. The lowest BCUT2D eigenvalue weighted by atomic mass is 9.66. The largest absolute Gasteiger partial charge is 0.475 e. The molecule has 0 radical (unpaired) electrons. The van der Waals surface area contributed by atoms with Crippen LogP contribution in [0.25, 0.3) is 0 Å². The minimum absolute atomic E-state index is 0.437. The molecule has 2 heteroatoms. The Labute approximate surface area is 85.7 Å². The molecule has 3 aliphatic rings. The lowest BCUT2D eigenvalue weighted by molar-refractivity contribution is 0.0795. The maximum Gasteiger partial charge on any atom is 0.187 e. The molecule has 2 atom stereocenters. The topological polar surface area (TPSA) is 21.6 Å². The Balaban J connectivity index is 1.99. The van der Waals surface area contributed by atoms with Crippen LogP contribution in [-0.2, 0) is 4.74 Å². The Morgan fingerprint density at radius 1 is 1.36 bits per heavy atom. The van der Waals surface area contributed by atoms with E-state index in [0.717, 1.165) is 12.4 Å². The van der Waals surface area contributed by atoms with Crippen molar-refractivity contribution in [1.82, 2.24) is 0 Å². The van der Waals surface area contributed by atoms with Crippen LogP contribution in [0.15, 0.2) is 4.99 Å². The van der Waals surface area contributed by atoms with Gasteiger partial charge in [0.2, 0.25) is 0 Å². The second kappa shape index (κ2) is 2.74. The van der Waals surface area contributed by atoms with E-state index < -0.39 is 0 Å². The highest BCUT2D eigenvalue weighted by Gasteiger charge is 2.59. The van der Waals surface area contributed by atoms with E-state index in [2.05, 4.69) is 18.8 Å². The molecule has 0 aromatic heterocycles. The van der Waals surface area contributed by atoms with Gasteiger partial charge in [-0.3, -0.25) is 4.99 Å². The monoisotopic (exact) mass is 193 g/mol. The number of nitrogens with zero attached hydrogens (tertiary/aromatic N) is 1. The summed E-state index contributed by atoms with van der Waals surface area (Å²) in [5, 5.41) is 0. The lowest BCUT2D eigenvalue weighted by Crippen LogP contribution is -2.40. The summed E-state index contributed by atoms with van der Waals surface area (Å²) < 4.78 is 5.93. The van der Waals surface area contributed by atoms with E-state index in [4.69, 9.17) is 4.74 Å². The van der Waals surface area contributed by atoms with Crippen LogP contribution in [-0.4, -0.2) is 18.5 Å². The van der Waals surface area contributed by atoms with Gasteiger partial charge in [-0.25, -0.2) is 0 Å². The van der Waals surface area contributed by atoms with Crippen LogP contribution in [0.4, 0.5) is 0 Å². The van der Waals surface area contributed by atoms with E-state index in [-0.39, 0.29) is 0 Å². The highest BCUT2D eigenvalue weighted by atomic mass is 16.5. The van der Waals surface area contributed by atoms with Crippen molar-refractivity contribution in [3.8, 4) is 0 Å². The third-order valence-corrected chi connectivity index (χ3v) is 4.40. The molecule has 3 rings (SSSR count). The molecule has 1 saturated heterocycles. The molecule has 0 amide bonds. The van der Waals surface area contributed by atoms with Crippen molar-refractivity contribution < 1.29 is 4.74 Å². The number of aliphatic imine (C=N–C) groups is 1. The summed E-state index contributed by atoms with van der Waals surface area (Å²) in [7, 11) is 0. The van der Waals surface area contributed by atoms with Gasteiger partial charge in [-0.05, 0) is 18.8 Å². The summed E-state index contributed by atoms with van der Waals surface area (Å²) in [5.41, 5.74) is 0.491. The van der Waals surface area contributed by atoms with Gasteiger partial charge in [-0.15, -0.1) is 0 Å². The average Bonchev–Trinajstić information content (AvgIpc) is 2.78. The van der Waals surface area contributed by atoms with Gasteiger partial charge < -0.3 is 4.74 Å². The van der Waals surface area contributed by atoms with E-state index in [1.165, 1.54) is 25.7 Å². The Kier molecular flexibility index (Phi) is 1.71. The fraction of sp³-hybridized carbons (Fsp3) is 0.917. The Hall–Kier alpha value is -0.530. The predicted octanol–water partition coefficient (Wildman–Crippen LogP) is 2.63. The number of fused-ring (bicyclic) bond motifs is 3. The normalized spacial score (nSPS) is 38.1. The van der Waals surface area contributed by atoms with Crippen molar-refractivity contribution in [3.63, 3.8) is 0 Å². The molecule has 1 spiro atoms. The summed E-state index contributed by atoms with van der Waals surface area (Å²) in [4.78, 5) is 4.52. The molecule has 2 fully saturated rings. The Morgan fingerprint density at radius 3 is 2.71 bits per heavy atom. The molecule has 0 aromatic carbocycles. The smallest absolute Gasteiger partial charge is 0.187 e. The van der Waals surface area contributed by atoms with Crippen LogP contribution in [0.1, 0.15) is 39.5 Å². The van der Waals surface area contributed by atoms with E-state index in [9.17, 15) is 0 Å². The molecule has 78 valence electrons. The predicted molar refractivity (Wildman–Crippen MR) is 56.4 cm³/mol. The standard InChI is InChI=1S/C12H19NO/c1-8(2)10-11-13-7-9(14-11)12(10)5-3-4-6-12/h8-10H,3-7H2,1-2H3. The third-order valence-electron chi connectivity index (χ3n) is 4.40. The van der Waals surface area contributed by atoms with Gasteiger partial charge in [0, 0.05) is 11.3 Å². The summed E-state index contributed by atoms with van der Waals surface area (Å²) in [6, 6.07) is 0. The van der Waals surface area contributed by atoms with Gasteiger partial charge in [-0.1, -0.05) is 26.7 Å². The van der Waals surface area contributed by atoms with Crippen molar-refractivity contribution in [1.29, 1.82) is 0 Å². The molecular formula is C12H19NO. The molecule has 0 aromatic rings. The van der Waals surface area contributed by atoms with Crippen molar-refractivity contribution in [2.45, 2.75) is 45.6 Å². The first-order valence-electron chi connectivity index (χ1n) is 5.95. The van der Waals surface area contributed by atoms with Crippen LogP contribution in [0.2, 0.25) is 0 Å². The molecule has 14 heavy (non-hydrogen) atoms. The number of rotatable bonds is 1. The maximum atomic E-state index is 5.93. The molecule has 1 aliphatic carbocycles. The summed E-state index contributed by atoms with van der Waals surface area (Å²) in [5.74, 6) is 2.41. The van der Waals surface area contributed by atoms with Crippen LogP contribution in [0, 0.1) is 17.3 Å². The Bertz CT molecular complexity index is 276. The molecular weight excluding hydrogens is 174 g/mol. The second-order valence-corrected chi connectivity index (χ2v) is 5.45. The Morgan fingerprint density at radius 2 is 2.07 bits per heavy atom. The van der Waals surface area contributed by atoms with Gasteiger partial charge in [-0.2, -0.15) is 0 Å². The number of ether oxygens (including phenoxy) is 1. The SMILES string of the molecule is CC(C)C1C2=NCC(O2)C12CCCC2. The molecule has 2 heterocycles. The van der Waals surface area contributed by atoms with E-state index in [0.29, 0.717) is 23.4 Å². The van der Waals surface area contributed by atoms with Gasteiger partial charge in [0.15, 0.2) is 5.90 Å². The number of hydrogen-bond acceptors (Lipinski definition) is 2. The van der Waals surface area contributed by atoms with E-state index in [1.54, 1.807) is 0 Å². The molecule has 2 aliphatic heterocycles. The lowest BCUT2D eigenvalue weighted by Gasteiger charge is -2.36. The van der Waals surface area contributed by atoms with Gasteiger partial charge >= 0.3 is 0 Å². The fourth-order valence-corrected chi connectivity index (χ4v) is 3.93. The molecule has 1 saturated carbocycles. The van der Waals surface area contributed by atoms with Crippen LogP contribution >= 0.6 is 0 Å². The van der Waals surface area contributed by atoms with E-state index >= 15 is 0 Å². The first kappa shape index (κ1) is 8.75. The van der Waals surface area contributed by atoms with Crippen LogP contribution in [0.3, 0.4) is 0 Å². The first-order chi connectivity index (χ1) is 6.74. The fourth-order valence-electron chi connectivity index (χ4n) is 3.93. The third kappa shape index (κ3) is 0.896. The average molecular weight is 193 g/mol. The van der Waals surface area contributed by atoms with Gasteiger partial charge in [0.25, 0.3) is 0 Å². The number of hydrogen-bond donors (Lipinski definition) is 0. The summed E-state index contributed by atoms with van der Waals surface area (Å²) >= 11 is 0. The minimum atomic E-state index is 0.437. The quantitative estimate of drug-likeness (QED) is 0.627. The zero-order valence-corrected chi connectivity index (χ0v) is 9.12. The molecule has 2 unspecified atom stereocenters. The van der Waals surface area contributed by atoms with Gasteiger partial charge in [0.1, 0.15) is 6.10 Å². The molecule has 2 bridgehead atoms. The minimum Gasteiger partial charge on any atom is -0.475 e. The first-order valence-corrected chi connectivity index (χ1v) is 5.95. The van der Waals surface area contributed by atoms with Crippen LogP contribution in [0.5, 0.6) is 0 Å². The van der Waals surface area contributed by atoms with Crippen molar-refractivity contribution >= 4 is 5.90 Å². The van der Waals surface area contributed by atoms with Crippen molar-refractivity contribution in [2.24, 2.45) is 22.2 Å². The molecule has 2 nitrogen and oxygen atoms in total.